The lowest BCUT2D eigenvalue weighted by Crippen LogP contribution is -2.46. The van der Waals surface area contributed by atoms with E-state index in [1.165, 1.54) is 12.0 Å². The normalized spacial score (nSPS) is 19.9. The van der Waals surface area contributed by atoms with Crippen molar-refractivity contribution in [1.82, 2.24) is 10.1 Å². The predicted octanol–water partition coefficient (Wildman–Crippen LogP) is 6.08. The van der Waals surface area contributed by atoms with Crippen LogP contribution in [-0.4, -0.2) is 23.9 Å². The van der Waals surface area contributed by atoms with E-state index in [4.69, 9.17) is 18.4 Å². The van der Waals surface area contributed by atoms with Crippen molar-refractivity contribution in [3.8, 4) is 33.9 Å². The summed E-state index contributed by atoms with van der Waals surface area (Å²) in [5, 5.41) is 7.96. The van der Waals surface area contributed by atoms with Crippen LogP contribution in [0.25, 0.3) is 22.5 Å². The van der Waals surface area contributed by atoms with E-state index in [1.54, 1.807) is 13.3 Å². The Morgan fingerprint density at radius 2 is 1.97 bits per heavy atom. The second-order valence-electron chi connectivity index (χ2n) is 9.68. The number of nitrogens with one attached hydrogen (secondary N) is 1. The number of methoxy groups -OCH3 is 1. The molecule has 2 aliphatic rings. The fraction of sp³-hybridized carbons (Fsp3) is 0.333. The minimum absolute atomic E-state index is 0.0664. The Balaban J connectivity index is 1.49. The first-order chi connectivity index (χ1) is 16.4. The number of oxazole rings is 1. The lowest BCUT2D eigenvalue weighted by Gasteiger charge is -2.48. The summed E-state index contributed by atoms with van der Waals surface area (Å²) in [5.74, 6) is 3.28. The molecular weight excluding hydrogens is 430 g/mol. The molecule has 2 atom stereocenters. The van der Waals surface area contributed by atoms with Gasteiger partial charge in [0.15, 0.2) is 23.7 Å². The molecule has 0 bridgehead atoms. The van der Waals surface area contributed by atoms with Gasteiger partial charge in [-0.1, -0.05) is 19.0 Å². The number of aryl methyl sites for hydroxylation is 2. The first-order valence-electron chi connectivity index (χ1n) is 11.5. The van der Waals surface area contributed by atoms with Crippen molar-refractivity contribution in [2.45, 2.75) is 39.2 Å². The van der Waals surface area contributed by atoms with Crippen LogP contribution in [0.1, 0.15) is 42.5 Å². The molecular formula is C27H27N3O4. The largest absolute Gasteiger partial charge is 0.493 e. The van der Waals surface area contributed by atoms with Gasteiger partial charge in [-0.05, 0) is 55.3 Å². The molecule has 2 aromatic carbocycles. The number of aromatic nitrogens is 2. The number of anilines is 1. The molecule has 4 heterocycles. The Bertz CT molecular complexity index is 1370. The van der Waals surface area contributed by atoms with Crippen LogP contribution in [0.4, 0.5) is 5.69 Å². The highest BCUT2D eigenvalue weighted by Crippen LogP contribution is 2.55. The lowest BCUT2D eigenvalue weighted by molar-refractivity contribution is 0.131. The molecule has 7 nitrogen and oxygen atoms in total. The number of hydrogen-bond acceptors (Lipinski definition) is 7. The van der Waals surface area contributed by atoms with E-state index in [1.807, 2.05) is 19.9 Å². The van der Waals surface area contributed by atoms with Gasteiger partial charge in [-0.25, -0.2) is 4.98 Å². The number of benzene rings is 2. The van der Waals surface area contributed by atoms with Gasteiger partial charge in [0.2, 0.25) is 0 Å². The Morgan fingerprint density at radius 1 is 1.12 bits per heavy atom. The molecule has 0 aliphatic carbocycles. The van der Waals surface area contributed by atoms with Gasteiger partial charge in [0.25, 0.3) is 0 Å². The van der Waals surface area contributed by atoms with E-state index in [0.29, 0.717) is 6.61 Å². The van der Waals surface area contributed by atoms with Crippen molar-refractivity contribution in [2.75, 3.05) is 19.0 Å². The highest BCUT2D eigenvalue weighted by Gasteiger charge is 2.47. The van der Waals surface area contributed by atoms with Crippen LogP contribution >= 0.6 is 0 Å². The molecule has 6 rings (SSSR count). The third-order valence-corrected chi connectivity index (χ3v) is 7.44. The van der Waals surface area contributed by atoms with Crippen LogP contribution in [0.15, 0.2) is 51.9 Å². The van der Waals surface area contributed by atoms with Gasteiger partial charge in [-0.3, -0.25) is 0 Å². The van der Waals surface area contributed by atoms with Gasteiger partial charge in [0.1, 0.15) is 5.76 Å². The Morgan fingerprint density at radius 3 is 2.68 bits per heavy atom. The Kier molecular flexibility index (Phi) is 4.52. The topological polar surface area (TPSA) is 82.6 Å². The smallest absolute Gasteiger partial charge is 0.181 e. The maximum absolute atomic E-state index is 6.37. The van der Waals surface area contributed by atoms with E-state index >= 15 is 0 Å². The summed E-state index contributed by atoms with van der Waals surface area (Å²) in [4.78, 5) is 4.07. The third-order valence-electron chi connectivity index (χ3n) is 7.44. The van der Waals surface area contributed by atoms with Crippen molar-refractivity contribution < 1.29 is 18.4 Å². The first kappa shape index (κ1) is 20.8. The maximum atomic E-state index is 6.37. The molecule has 0 saturated carbocycles. The summed E-state index contributed by atoms with van der Waals surface area (Å²) in [5.41, 5.74) is 7.18. The van der Waals surface area contributed by atoms with Crippen molar-refractivity contribution >= 4 is 5.69 Å². The van der Waals surface area contributed by atoms with E-state index in [-0.39, 0.29) is 17.4 Å². The number of fused-ring (bicyclic) bond motifs is 4. The maximum Gasteiger partial charge on any atom is 0.181 e. The highest BCUT2D eigenvalue weighted by molar-refractivity contribution is 5.74. The molecule has 2 aromatic heterocycles. The van der Waals surface area contributed by atoms with Gasteiger partial charge < -0.3 is 23.7 Å². The van der Waals surface area contributed by atoms with Gasteiger partial charge in [-0.2, -0.15) is 0 Å². The summed E-state index contributed by atoms with van der Waals surface area (Å²) in [6, 6.07) is 10.7. The van der Waals surface area contributed by atoms with Gasteiger partial charge in [0, 0.05) is 33.7 Å². The van der Waals surface area contributed by atoms with Crippen LogP contribution in [0.2, 0.25) is 0 Å². The van der Waals surface area contributed by atoms with Gasteiger partial charge in [0.05, 0.1) is 31.6 Å². The lowest BCUT2D eigenvalue weighted by atomic mass is 9.65. The molecule has 0 saturated heterocycles. The fourth-order valence-corrected chi connectivity index (χ4v) is 5.57. The average molecular weight is 458 g/mol. The van der Waals surface area contributed by atoms with Gasteiger partial charge >= 0.3 is 0 Å². The van der Waals surface area contributed by atoms with Crippen LogP contribution < -0.4 is 14.8 Å². The van der Waals surface area contributed by atoms with Gasteiger partial charge in [-0.15, -0.1) is 0 Å². The summed E-state index contributed by atoms with van der Waals surface area (Å²) >= 11 is 0. The van der Waals surface area contributed by atoms with Crippen LogP contribution in [0.5, 0.6) is 11.5 Å². The standard InChI is InChI=1S/C27H27N3O4/c1-14-24(15(2)34-30-14)17-8-18-25-20(12-32-26(18)22(10-17)31-5)27(3,4)19-9-16(6-7-21(19)29-25)23-11-28-13-33-23/h6-11,13,20,25,29H,12H2,1-5H3/t20-,25+/m0/s1. The second kappa shape index (κ2) is 7.38. The van der Waals surface area contributed by atoms with Crippen LogP contribution in [0.3, 0.4) is 0 Å². The SMILES string of the molecule is COc1cc(-c2c(C)noc2C)cc2c1OC[C@H]1[C@@H]2Nc2ccc(-c3cnco3)cc2C1(C)C. The molecule has 7 heteroatoms. The second-order valence-corrected chi connectivity index (χ2v) is 9.68. The predicted molar refractivity (Wildman–Crippen MR) is 128 cm³/mol. The van der Waals surface area contributed by atoms with Crippen molar-refractivity contribution in [3.63, 3.8) is 0 Å². The number of ether oxygens (including phenoxy) is 2. The van der Waals surface area contributed by atoms with Crippen molar-refractivity contribution in [3.05, 3.63) is 65.5 Å². The Labute approximate surface area is 198 Å². The molecule has 1 N–H and O–H groups in total. The zero-order chi connectivity index (χ0) is 23.6. The summed E-state index contributed by atoms with van der Waals surface area (Å²) in [6.45, 7) is 9.06. The summed E-state index contributed by atoms with van der Waals surface area (Å²) < 4.78 is 23.1. The molecule has 2 aliphatic heterocycles. The van der Waals surface area contributed by atoms with Crippen LogP contribution in [-0.2, 0) is 5.41 Å². The number of nitrogens with zero attached hydrogens (tertiary/aromatic N) is 2. The minimum atomic E-state index is -0.148. The number of hydrogen-bond donors (Lipinski definition) is 1. The first-order valence-corrected chi connectivity index (χ1v) is 11.5. The molecule has 0 fully saturated rings. The summed E-state index contributed by atoms with van der Waals surface area (Å²) in [7, 11) is 1.68. The summed E-state index contributed by atoms with van der Waals surface area (Å²) in [6.07, 6.45) is 3.21. The molecule has 174 valence electrons. The highest BCUT2D eigenvalue weighted by atomic mass is 16.5. The van der Waals surface area contributed by atoms with E-state index in [9.17, 15) is 0 Å². The fourth-order valence-electron chi connectivity index (χ4n) is 5.57. The molecule has 4 aromatic rings. The van der Waals surface area contributed by atoms with Crippen LogP contribution in [0, 0.1) is 19.8 Å². The molecule has 0 radical (unpaired) electrons. The molecule has 0 amide bonds. The molecule has 0 unspecified atom stereocenters. The monoisotopic (exact) mass is 457 g/mol. The quantitative estimate of drug-likeness (QED) is 0.399. The van der Waals surface area contributed by atoms with E-state index < -0.39 is 0 Å². The van der Waals surface area contributed by atoms with Crippen molar-refractivity contribution in [1.29, 1.82) is 0 Å². The third kappa shape index (κ3) is 2.96. The number of rotatable bonds is 3. The average Bonchev–Trinajstić information content (AvgIpc) is 3.48. The zero-order valence-corrected chi connectivity index (χ0v) is 19.9. The van der Waals surface area contributed by atoms with Crippen molar-refractivity contribution in [2.24, 2.45) is 5.92 Å². The zero-order valence-electron chi connectivity index (χ0n) is 19.9. The molecule has 34 heavy (non-hydrogen) atoms. The van der Waals surface area contributed by atoms with E-state index in [2.05, 4.69) is 53.6 Å². The van der Waals surface area contributed by atoms with E-state index in [0.717, 1.165) is 56.7 Å². The minimum Gasteiger partial charge on any atom is -0.493 e. The Hall–Kier alpha value is -3.74. The molecule has 0 spiro atoms.